The lowest BCUT2D eigenvalue weighted by Crippen LogP contribution is -2.53. The van der Waals surface area contributed by atoms with Gasteiger partial charge in [-0.2, -0.15) is 0 Å². The number of sulfonamides is 1. The first kappa shape index (κ1) is 27.2. The highest BCUT2D eigenvalue weighted by Gasteiger charge is 2.32. The molecule has 0 fully saturated rings. The summed E-state index contributed by atoms with van der Waals surface area (Å²) in [6.45, 7) is 4.15. The van der Waals surface area contributed by atoms with Crippen LogP contribution in [-0.2, 0) is 26.0 Å². The van der Waals surface area contributed by atoms with Crippen molar-refractivity contribution in [3.05, 3.63) is 60.2 Å². The smallest absolute Gasteiger partial charge is 0.244 e. The third-order valence-corrected chi connectivity index (χ3v) is 6.58. The Morgan fingerprint density at radius 1 is 1.03 bits per heavy atom. The number of carbonyl (C=O) groups excluding carboxylic acids is 2. The minimum atomic E-state index is -3.81. The lowest BCUT2D eigenvalue weighted by Gasteiger charge is -2.33. The molecular formula is C25H35N3O5S. The van der Waals surface area contributed by atoms with Gasteiger partial charge in [0.1, 0.15) is 18.3 Å². The maximum absolute atomic E-state index is 13.6. The van der Waals surface area contributed by atoms with Gasteiger partial charge in [-0.05, 0) is 37.0 Å². The van der Waals surface area contributed by atoms with E-state index in [0.29, 0.717) is 25.1 Å². The fourth-order valence-electron chi connectivity index (χ4n) is 3.69. The monoisotopic (exact) mass is 489 g/mol. The molecule has 1 atom stereocenters. The SMILES string of the molecule is CCCNC(=O)[C@@H](CC)N(CCc1ccccc1)C(=O)CN(c1ccccc1OC)S(C)(=O)=O. The molecule has 186 valence electrons. The van der Waals surface area contributed by atoms with Crippen LogP contribution >= 0.6 is 0 Å². The van der Waals surface area contributed by atoms with Crippen LogP contribution < -0.4 is 14.4 Å². The summed E-state index contributed by atoms with van der Waals surface area (Å²) in [6.07, 6.45) is 2.77. The Morgan fingerprint density at radius 3 is 2.26 bits per heavy atom. The second-order valence-corrected chi connectivity index (χ2v) is 9.89. The van der Waals surface area contributed by atoms with Gasteiger partial charge >= 0.3 is 0 Å². The Morgan fingerprint density at radius 2 is 1.68 bits per heavy atom. The van der Waals surface area contributed by atoms with Crippen molar-refractivity contribution in [2.24, 2.45) is 0 Å². The summed E-state index contributed by atoms with van der Waals surface area (Å²) in [5, 5.41) is 2.87. The van der Waals surface area contributed by atoms with Crippen LogP contribution in [0.1, 0.15) is 32.3 Å². The fraction of sp³-hybridized carbons (Fsp3) is 0.440. The van der Waals surface area contributed by atoms with Crippen LogP contribution in [0.3, 0.4) is 0 Å². The zero-order valence-electron chi connectivity index (χ0n) is 20.4. The minimum Gasteiger partial charge on any atom is -0.495 e. The van der Waals surface area contributed by atoms with Gasteiger partial charge in [0.2, 0.25) is 21.8 Å². The number of anilines is 1. The lowest BCUT2D eigenvalue weighted by molar-refractivity contribution is -0.139. The maximum atomic E-state index is 13.6. The van der Waals surface area contributed by atoms with Crippen molar-refractivity contribution >= 4 is 27.5 Å². The summed E-state index contributed by atoms with van der Waals surface area (Å²) in [7, 11) is -2.36. The zero-order valence-corrected chi connectivity index (χ0v) is 21.2. The van der Waals surface area contributed by atoms with Crippen molar-refractivity contribution in [3.63, 3.8) is 0 Å². The highest BCUT2D eigenvalue weighted by atomic mass is 32.2. The molecule has 0 aliphatic heterocycles. The van der Waals surface area contributed by atoms with Crippen LogP contribution in [-0.4, -0.2) is 64.2 Å². The molecule has 0 aliphatic rings. The Labute approximate surface area is 202 Å². The average molecular weight is 490 g/mol. The Hall–Kier alpha value is -3.07. The van der Waals surface area contributed by atoms with Crippen LogP contribution in [0.5, 0.6) is 5.75 Å². The van der Waals surface area contributed by atoms with E-state index in [-0.39, 0.29) is 18.1 Å². The van der Waals surface area contributed by atoms with Gasteiger partial charge in [-0.25, -0.2) is 8.42 Å². The fourth-order valence-corrected chi connectivity index (χ4v) is 4.55. The van der Waals surface area contributed by atoms with Crippen molar-refractivity contribution in [1.29, 1.82) is 0 Å². The Bertz CT molecular complexity index is 1040. The van der Waals surface area contributed by atoms with Crippen molar-refractivity contribution < 1.29 is 22.7 Å². The van der Waals surface area contributed by atoms with E-state index in [2.05, 4.69) is 5.32 Å². The molecule has 0 saturated heterocycles. The van der Waals surface area contributed by atoms with Gasteiger partial charge in [0.25, 0.3) is 0 Å². The van der Waals surface area contributed by atoms with Crippen LogP contribution in [0, 0.1) is 0 Å². The molecule has 2 rings (SSSR count). The molecule has 0 saturated carbocycles. The van der Waals surface area contributed by atoms with Crippen LogP contribution in [0.15, 0.2) is 54.6 Å². The largest absolute Gasteiger partial charge is 0.495 e. The summed E-state index contributed by atoms with van der Waals surface area (Å²) in [4.78, 5) is 28.0. The normalized spacial score (nSPS) is 12.0. The van der Waals surface area contributed by atoms with E-state index in [4.69, 9.17) is 4.74 Å². The Kier molecular flexibility index (Phi) is 10.4. The van der Waals surface area contributed by atoms with E-state index in [1.54, 1.807) is 24.3 Å². The van der Waals surface area contributed by atoms with Crippen molar-refractivity contribution in [1.82, 2.24) is 10.2 Å². The highest BCUT2D eigenvalue weighted by molar-refractivity contribution is 7.92. The van der Waals surface area contributed by atoms with Gasteiger partial charge in [0.15, 0.2) is 0 Å². The number of nitrogens with one attached hydrogen (secondary N) is 1. The molecule has 0 radical (unpaired) electrons. The lowest BCUT2D eigenvalue weighted by atomic mass is 10.1. The molecule has 0 spiro atoms. The standard InChI is InChI=1S/C25H35N3O5S/c1-5-17-26-25(30)21(6-2)27(18-16-20-12-8-7-9-13-20)24(29)19-28(34(4,31)32)22-14-10-11-15-23(22)33-3/h7-15,21H,5-6,16-19H2,1-4H3,(H,26,30)/t21-/m1/s1. The van der Waals surface area contributed by atoms with Crippen LogP contribution in [0.2, 0.25) is 0 Å². The Balaban J connectivity index is 2.37. The number of para-hydroxylation sites is 2. The van der Waals surface area contributed by atoms with Gasteiger partial charge in [0, 0.05) is 13.1 Å². The van der Waals surface area contributed by atoms with Gasteiger partial charge in [-0.3, -0.25) is 13.9 Å². The number of benzene rings is 2. The van der Waals surface area contributed by atoms with Gasteiger partial charge in [-0.15, -0.1) is 0 Å². The quantitative estimate of drug-likeness (QED) is 0.467. The molecule has 0 aliphatic carbocycles. The summed E-state index contributed by atoms with van der Waals surface area (Å²) in [5.41, 5.74) is 1.29. The summed E-state index contributed by atoms with van der Waals surface area (Å²) in [5.74, 6) is -0.357. The second kappa shape index (κ2) is 13.0. The highest BCUT2D eigenvalue weighted by Crippen LogP contribution is 2.29. The van der Waals surface area contributed by atoms with Crippen molar-refractivity contribution in [3.8, 4) is 5.75 Å². The average Bonchev–Trinajstić information content (AvgIpc) is 2.83. The topological polar surface area (TPSA) is 96.0 Å². The number of hydrogen-bond donors (Lipinski definition) is 1. The zero-order chi connectivity index (χ0) is 25.1. The van der Waals surface area contributed by atoms with Crippen LogP contribution in [0.4, 0.5) is 5.69 Å². The van der Waals surface area contributed by atoms with E-state index >= 15 is 0 Å². The number of hydrogen-bond acceptors (Lipinski definition) is 5. The van der Waals surface area contributed by atoms with E-state index in [0.717, 1.165) is 22.5 Å². The number of ether oxygens (including phenoxy) is 1. The molecule has 9 heteroatoms. The van der Waals surface area contributed by atoms with Crippen LogP contribution in [0.25, 0.3) is 0 Å². The van der Waals surface area contributed by atoms with Crippen molar-refractivity contribution in [2.75, 3.05) is 37.3 Å². The number of rotatable bonds is 13. The molecule has 34 heavy (non-hydrogen) atoms. The summed E-state index contributed by atoms with van der Waals surface area (Å²) >= 11 is 0. The number of amides is 2. The molecule has 8 nitrogen and oxygen atoms in total. The molecule has 0 unspecified atom stereocenters. The first-order chi connectivity index (χ1) is 16.2. The molecule has 2 aromatic rings. The van der Waals surface area contributed by atoms with Crippen molar-refractivity contribution in [2.45, 2.75) is 39.2 Å². The van der Waals surface area contributed by atoms with Gasteiger partial charge < -0.3 is 15.0 Å². The minimum absolute atomic E-state index is 0.242. The molecule has 1 N–H and O–H groups in total. The van der Waals surface area contributed by atoms with E-state index in [9.17, 15) is 18.0 Å². The third-order valence-electron chi connectivity index (χ3n) is 5.45. The van der Waals surface area contributed by atoms with Gasteiger partial charge in [-0.1, -0.05) is 56.3 Å². The predicted octanol–water partition coefficient (Wildman–Crippen LogP) is 2.84. The third kappa shape index (κ3) is 7.48. The van der Waals surface area contributed by atoms with E-state index < -0.39 is 28.5 Å². The van der Waals surface area contributed by atoms with Gasteiger partial charge in [0.05, 0.1) is 19.1 Å². The number of methoxy groups -OCH3 is 1. The number of carbonyl (C=O) groups is 2. The number of nitrogens with zero attached hydrogens (tertiary/aromatic N) is 2. The van der Waals surface area contributed by atoms with E-state index in [1.165, 1.54) is 12.0 Å². The molecule has 0 aromatic heterocycles. The first-order valence-corrected chi connectivity index (χ1v) is 13.3. The molecule has 2 aromatic carbocycles. The first-order valence-electron chi connectivity index (χ1n) is 11.4. The second-order valence-electron chi connectivity index (χ2n) is 7.98. The molecule has 0 heterocycles. The molecule has 0 bridgehead atoms. The maximum Gasteiger partial charge on any atom is 0.244 e. The predicted molar refractivity (Wildman–Crippen MR) is 134 cm³/mol. The molecule has 2 amide bonds. The van der Waals surface area contributed by atoms with E-state index in [1.807, 2.05) is 44.2 Å². The summed E-state index contributed by atoms with van der Waals surface area (Å²) in [6, 6.07) is 15.6. The summed E-state index contributed by atoms with van der Waals surface area (Å²) < 4.78 is 31.7. The molecular weight excluding hydrogens is 454 g/mol.